The zero-order valence-corrected chi connectivity index (χ0v) is 15.2. The Bertz CT molecular complexity index is 995. The number of hydrogen-bond donors (Lipinski definition) is 1. The number of likely N-dealkylation sites (N-methyl/N-ethyl adjacent to an activating group) is 1. The van der Waals surface area contributed by atoms with Crippen molar-refractivity contribution in [2.75, 3.05) is 13.6 Å². The van der Waals surface area contributed by atoms with E-state index in [1.54, 1.807) is 12.3 Å². The van der Waals surface area contributed by atoms with E-state index >= 15 is 0 Å². The highest BCUT2D eigenvalue weighted by molar-refractivity contribution is 6.04. The van der Waals surface area contributed by atoms with E-state index in [1.165, 1.54) is 0 Å². The number of rotatable bonds is 3. The molecule has 1 aliphatic heterocycles. The quantitative estimate of drug-likeness (QED) is 0.757. The van der Waals surface area contributed by atoms with Crippen LogP contribution in [0, 0.1) is 6.92 Å². The third-order valence-electron chi connectivity index (χ3n) is 4.81. The zero-order valence-electron chi connectivity index (χ0n) is 15.2. The fourth-order valence-electron chi connectivity index (χ4n) is 3.21. The van der Waals surface area contributed by atoms with E-state index in [0.29, 0.717) is 22.6 Å². The summed E-state index contributed by atoms with van der Waals surface area (Å²) in [6.07, 6.45) is 4.41. The average Bonchev–Trinajstić information content (AvgIpc) is 2.94. The summed E-state index contributed by atoms with van der Waals surface area (Å²) in [5.74, 6) is 1.25. The highest BCUT2D eigenvalue weighted by atomic mass is 16.1. The Morgan fingerprint density at radius 1 is 1.27 bits per heavy atom. The van der Waals surface area contributed by atoms with Gasteiger partial charge in [-0.1, -0.05) is 0 Å². The van der Waals surface area contributed by atoms with Gasteiger partial charge in [0.2, 0.25) is 0 Å². The monoisotopic (exact) mass is 351 g/mol. The van der Waals surface area contributed by atoms with Crippen LogP contribution in [0.25, 0.3) is 11.2 Å². The molecule has 134 valence electrons. The Balaban J connectivity index is 1.52. The molecule has 0 saturated carbocycles. The predicted octanol–water partition coefficient (Wildman–Crippen LogP) is 0.985. The molecule has 3 aromatic rings. The van der Waals surface area contributed by atoms with E-state index in [4.69, 9.17) is 0 Å². The number of fused-ring (bicyclic) bond motifs is 2. The van der Waals surface area contributed by atoms with E-state index in [9.17, 15) is 4.79 Å². The van der Waals surface area contributed by atoms with Crippen LogP contribution in [0.4, 0.5) is 0 Å². The summed E-state index contributed by atoms with van der Waals surface area (Å²) in [6.45, 7) is 4.04. The largest absolute Gasteiger partial charge is 0.345 e. The summed E-state index contributed by atoms with van der Waals surface area (Å²) < 4.78 is 1.87. The third-order valence-corrected chi connectivity index (χ3v) is 4.81. The van der Waals surface area contributed by atoms with Crippen LogP contribution in [0.2, 0.25) is 0 Å². The van der Waals surface area contributed by atoms with Gasteiger partial charge in [-0.3, -0.25) is 4.79 Å². The first-order valence-corrected chi connectivity index (χ1v) is 8.61. The van der Waals surface area contributed by atoms with Crippen LogP contribution in [0.3, 0.4) is 0 Å². The minimum Gasteiger partial charge on any atom is -0.345 e. The van der Waals surface area contributed by atoms with E-state index in [-0.39, 0.29) is 12.5 Å². The molecule has 3 aromatic heterocycles. The SMILES string of the molecule is Cc1nc2c(C(=O)NCc3ncc4c(n3)CCN(C)C4)ccnc2n1C. The number of aryl methyl sites for hydroxylation is 2. The minimum absolute atomic E-state index is 0.198. The number of hydrogen-bond acceptors (Lipinski definition) is 6. The van der Waals surface area contributed by atoms with Crippen molar-refractivity contribution >= 4 is 17.1 Å². The first-order valence-electron chi connectivity index (χ1n) is 8.61. The molecule has 26 heavy (non-hydrogen) atoms. The number of carbonyl (C=O) groups is 1. The summed E-state index contributed by atoms with van der Waals surface area (Å²) in [4.78, 5) is 32.6. The Hall–Kier alpha value is -2.87. The number of imidazole rings is 1. The lowest BCUT2D eigenvalue weighted by atomic mass is 10.1. The molecule has 1 aliphatic rings. The highest BCUT2D eigenvalue weighted by Crippen LogP contribution is 2.17. The standard InChI is InChI=1S/C18H21N7O/c1-11-22-16-13(4-6-19-17(16)25(11)3)18(26)21-9-15-20-8-12-10-24(2)7-5-14(12)23-15/h4,6,8H,5,7,9-10H2,1-3H3,(H,21,26). The first-order chi connectivity index (χ1) is 12.5. The van der Waals surface area contributed by atoms with Crippen LogP contribution in [-0.4, -0.2) is 48.9 Å². The van der Waals surface area contributed by atoms with Crippen LogP contribution in [0.1, 0.15) is 33.3 Å². The number of nitrogens with zero attached hydrogens (tertiary/aromatic N) is 6. The second-order valence-corrected chi connectivity index (χ2v) is 6.68. The summed E-state index contributed by atoms with van der Waals surface area (Å²) >= 11 is 0. The van der Waals surface area contributed by atoms with E-state index < -0.39 is 0 Å². The van der Waals surface area contributed by atoms with Gasteiger partial charge in [0.15, 0.2) is 5.65 Å². The van der Waals surface area contributed by atoms with Gasteiger partial charge in [0.05, 0.1) is 12.1 Å². The lowest BCUT2D eigenvalue weighted by Gasteiger charge is -2.23. The Kier molecular flexibility index (Phi) is 4.12. The van der Waals surface area contributed by atoms with Crippen molar-refractivity contribution in [3.63, 3.8) is 0 Å². The number of carbonyl (C=O) groups excluding carboxylic acids is 1. The molecule has 0 aliphatic carbocycles. The Morgan fingerprint density at radius 3 is 2.96 bits per heavy atom. The molecule has 0 unspecified atom stereocenters. The average molecular weight is 351 g/mol. The fraction of sp³-hybridized carbons (Fsp3) is 0.389. The molecule has 0 radical (unpaired) electrons. The molecule has 0 saturated heterocycles. The smallest absolute Gasteiger partial charge is 0.254 e. The maximum Gasteiger partial charge on any atom is 0.254 e. The highest BCUT2D eigenvalue weighted by Gasteiger charge is 2.18. The Labute approximate surface area is 151 Å². The molecule has 0 aromatic carbocycles. The van der Waals surface area contributed by atoms with Crippen molar-refractivity contribution in [3.8, 4) is 0 Å². The molecule has 1 amide bonds. The van der Waals surface area contributed by atoms with Crippen molar-refractivity contribution in [2.45, 2.75) is 26.4 Å². The van der Waals surface area contributed by atoms with Gasteiger partial charge < -0.3 is 14.8 Å². The Morgan fingerprint density at radius 2 is 2.12 bits per heavy atom. The van der Waals surface area contributed by atoms with Crippen molar-refractivity contribution < 1.29 is 4.79 Å². The van der Waals surface area contributed by atoms with E-state index in [1.807, 2.05) is 24.7 Å². The van der Waals surface area contributed by atoms with Crippen molar-refractivity contribution in [1.29, 1.82) is 0 Å². The van der Waals surface area contributed by atoms with E-state index in [2.05, 4.69) is 37.2 Å². The molecule has 0 spiro atoms. The predicted molar refractivity (Wildman–Crippen MR) is 96.5 cm³/mol. The van der Waals surface area contributed by atoms with Crippen molar-refractivity contribution in [3.05, 3.63) is 46.9 Å². The first kappa shape index (κ1) is 16.6. The molecule has 4 heterocycles. The van der Waals surface area contributed by atoms with Crippen molar-refractivity contribution in [2.24, 2.45) is 7.05 Å². The topological polar surface area (TPSA) is 88.8 Å². The van der Waals surface area contributed by atoms with Crippen LogP contribution in [0.15, 0.2) is 18.5 Å². The summed E-state index contributed by atoms with van der Waals surface area (Å²) in [5, 5.41) is 2.90. The van der Waals surface area contributed by atoms with Crippen LogP contribution >= 0.6 is 0 Å². The molecule has 8 heteroatoms. The van der Waals surface area contributed by atoms with Crippen molar-refractivity contribution in [1.82, 2.24) is 34.7 Å². The molecule has 0 bridgehead atoms. The second kappa shape index (κ2) is 6.45. The van der Waals surface area contributed by atoms with Gasteiger partial charge in [0, 0.05) is 50.2 Å². The van der Waals surface area contributed by atoms with E-state index in [0.717, 1.165) is 36.6 Å². The fourth-order valence-corrected chi connectivity index (χ4v) is 3.21. The number of aromatic nitrogens is 5. The van der Waals surface area contributed by atoms with Gasteiger partial charge in [-0.2, -0.15) is 0 Å². The second-order valence-electron chi connectivity index (χ2n) is 6.68. The zero-order chi connectivity index (χ0) is 18.3. The molecule has 8 nitrogen and oxygen atoms in total. The lowest BCUT2D eigenvalue weighted by molar-refractivity contribution is 0.0951. The molecule has 0 fully saturated rings. The number of pyridine rings is 1. The normalized spacial score (nSPS) is 14.4. The van der Waals surface area contributed by atoms with Crippen LogP contribution in [0.5, 0.6) is 0 Å². The minimum atomic E-state index is -0.198. The number of amides is 1. The molecule has 0 atom stereocenters. The van der Waals surface area contributed by atoms with Gasteiger partial charge in [0.1, 0.15) is 17.2 Å². The van der Waals surface area contributed by atoms with Gasteiger partial charge in [-0.05, 0) is 20.0 Å². The summed E-state index contributed by atoms with van der Waals surface area (Å²) in [7, 11) is 3.98. The van der Waals surface area contributed by atoms with Gasteiger partial charge >= 0.3 is 0 Å². The molecular weight excluding hydrogens is 330 g/mol. The molecule has 1 N–H and O–H groups in total. The maximum absolute atomic E-state index is 12.6. The van der Waals surface area contributed by atoms with Crippen LogP contribution in [-0.2, 0) is 26.6 Å². The summed E-state index contributed by atoms with van der Waals surface area (Å²) in [5.41, 5.74) is 4.06. The molecular formula is C18H21N7O. The number of nitrogens with one attached hydrogen (secondary N) is 1. The maximum atomic E-state index is 12.6. The lowest BCUT2D eigenvalue weighted by Crippen LogP contribution is -2.29. The van der Waals surface area contributed by atoms with Crippen LogP contribution < -0.4 is 5.32 Å². The van der Waals surface area contributed by atoms with Gasteiger partial charge in [0.25, 0.3) is 5.91 Å². The molecule has 4 rings (SSSR count). The third kappa shape index (κ3) is 2.92. The van der Waals surface area contributed by atoms with Gasteiger partial charge in [-0.25, -0.2) is 19.9 Å². The summed E-state index contributed by atoms with van der Waals surface area (Å²) in [6, 6.07) is 1.69. The van der Waals surface area contributed by atoms with Gasteiger partial charge in [-0.15, -0.1) is 0 Å².